The van der Waals surface area contributed by atoms with Crippen LogP contribution in [0.15, 0.2) is 97.1 Å². The molecule has 1 aliphatic rings. The van der Waals surface area contributed by atoms with Gasteiger partial charge in [-0.1, -0.05) is 89.3 Å². The van der Waals surface area contributed by atoms with Gasteiger partial charge < -0.3 is 14.6 Å². The summed E-state index contributed by atoms with van der Waals surface area (Å²) < 4.78 is 7.41. The molecule has 0 aliphatic carbocycles. The highest BCUT2D eigenvalue weighted by Crippen LogP contribution is 3.04. The minimum atomic E-state index is -1.94. The van der Waals surface area contributed by atoms with Gasteiger partial charge in [-0.25, -0.2) is 4.79 Å². The average Bonchev–Trinajstić information content (AvgIpc) is 2.96. The molecule has 0 aromatic heterocycles. The number of esters is 2. The lowest BCUT2D eigenvalue weighted by Gasteiger charge is -2.40. The van der Waals surface area contributed by atoms with Crippen molar-refractivity contribution in [2.75, 3.05) is 0 Å². The Balaban J connectivity index is 1.24. The molecule has 4 aromatic carbocycles. The highest BCUT2D eigenvalue weighted by atomic mass is 33.7. The van der Waals surface area contributed by atoms with E-state index in [0.29, 0.717) is 29.9 Å². The molecule has 0 amide bonds. The molecule has 1 fully saturated rings. The van der Waals surface area contributed by atoms with Crippen molar-refractivity contribution in [1.29, 1.82) is 0 Å². The summed E-state index contributed by atoms with van der Waals surface area (Å²) in [4.78, 5) is 25.3. The van der Waals surface area contributed by atoms with Crippen LogP contribution >= 0.6 is 30.9 Å². The number of hydrogen-bond acceptors (Lipinski definition) is 9. The molecule has 0 bridgehead atoms. The first-order chi connectivity index (χ1) is 20.2. The van der Waals surface area contributed by atoms with Crippen molar-refractivity contribution in [3.8, 4) is 17.2 Å². The third kappa shape index (κ3) is 7.39. The maximum atomic E-state index is 13.2. The van der Waals surface area contributed by atoms with Gasteiger partial charge in [0.1, 0.15) is 17.2 Å². The summed E-state index contributed by atoms with van der Waals surface area (Å²) in [5.41, 5.74) is 2.20. The van der Waals surface area contributed by atoms with E-state index in [9.17, 15) is 14.7 Å². The number of carbonyl (C=O) groups is 2. The topological polar surface area (TPSA) is 72.8 Å². The SMILES string of the molecule is CCCCC(=O)Oc1cccc(Cc2ccccc2C(=O)Oc2ccc(P3(=S)SP(=S)(c4ccc(O)cc4)S3)cc2)c1. The number of unbranched alkanes of at least 4 members (excludes halogenated alkanes) is 1. The second kappa shape index (κ2) is 13.5. The molecule has 1 saturated heterocycles. The van der Waals surface area contributed by atoms with Crippen LogP contribution in [0.4, 0.5) is 0 Å². The second-order valence-corrected chi connectivity index (χ2v) is 30.9. The van der Waals surface area contributed by atoms with Gasteiger partial charge in [-0.3, -0.25) is 4.79 Å². The van der Waals surface area contributed by atoms with Crippen LogP contribution in [0.1, 0.15) is 47.7 Å². The number of aromatic hydroxyl groups is 1. The van der Waals surface area contributed by atoms with Crippen LogP contribution < -0.4 is 20.1 Å². The summed E-state index contributed by atoms with van der Waals surface area (Å²) in [7, 11) is 0. The minimum Gasteiger partial charge on any atom is -0.508 e. The van der Waals surface area contributed by atoms with Gasteiger partial charge in [-0.05, 0) is 90.7 Å². The van der Waals surface area contributed by atoms with E-state index in [0.717, 1.165) is 34.6 Å². The fraction of sp³-hybridized carbons (Fsp3) is 0.161. The first-order valence-electron chi connectivity index (χ1n) is 13.3. The molecule has 0 unspecified atom stereocenters. The maximum Gasteiger partial charge on any atom is 0.343 e. The summed E-state index contributed by atoms with van der Waals surface area (Å²) >= 11 is 15.4. The number of phenols is 1. The summed E-state index contributed by atoms with van der Waals surface area (Å²) in [6.45, 7) is 2.03. The monoisotopic (exact) mass is 670 g/mol. The first kappa shape index (κ1) is 31.1. The lowest BCUT2D eigenvalue weighted by atomic mass is 9.99. The predicted molar refractivity (Wildman–Crippen MR) is 183 cm³/mol. The Bertz CT molecular complexity index is 1690. The molecule has 0 spiro atoms. The summed E-state index contributed by atoms with van der Waals surface area (Å²) in [6.07, 6.45) is 2.59. The van der Waals surface area contributed by atoms with E-state index >= 15 is 0 Å². The van der Waals surface area contributed by atoms with Crippen molar-refractivity contribution in [1.82, 2.24) is 0 Å². The van der Waals surface area contributed by atoms with E-state index in [1.165, 1.54) is 0 Å². The number of ether oxygens (including phenoxy) is 2. The second-order valence-electron chi connectivity index (χ2n) is 9.62. The fourth-order valence-corrected chi connectivity index (χ4v) is 46.6. The molecule has 1 aliphatic heterocycles. The van der Waals surface area contributed by atoms with E-state index in [1.807, 2.05) is 67.6 Å². The molecule has 1 N–H and O–H groups in total. The van der Waals surface area contributed by atoms with Crippen molar-refractivity contribution >= 4 is 77.0 Å². The van der Waals surface area contributed by atoms with Crippen LogP contribution in [0.2, 0.25) is 0 Å². The lowest BCUT2D eigenvalue weighted by molar-refractivity contribution is -0.134. The van der Waals surface area contributed by atoms with Crippen LogP contribution in [0.3, 0.4) is 0 Å². The van der Waals surface area contributed by atoms with E-state index in [-0.39, 0.29) is 11.7 Å². The molecule has 0 saturated carbocycles. The van der Waals surface area contributed by atoms with Gasteiger partial charge in [0.25, 0.3) is 0 Å². The molecule has 0 radical (unpaired) electrons. The van der Waals surface area contributed by atoms with Crippen molar-refractivity contribution < 1.29 is 24.2 Å². The zero-order chi connectivity index (χ0) is 29.7. The highest BCUT2D eigenvalue weighted by Gasteiger charge is 2.45. The summed E-state index contributed by atoms with van der Waals surface area (Å²) in [6, 6.07) is 29.2. The molecule has 4 aromatic rings. The van der Waals surface area contributed by atoms with Crippen molar-refractivity contribution in [3.05, 3.63) is 114 Å². The van der Waals surface area contributed by atoms with Crippen LogP contribution in [-0.4, -0.2) is 17.0 Å². The predicted octanol–water partition coefficient (Wildman–Crippen LogP) is 8.35. The molecule has 216 valence electrons. The van der Waals surface area contributed by atoms with Crippen LogP contribution in [0, 0.1) is 0 Å². The largest absolute Gasteiger partial charge is 0.508 e. The first-order valence-corrected chi connectivity index (χ1v) is 23.0. The number of hydrogen-bond donors (Lipinski definition) is 1. The van der Waals surface area contributed by atoms with Gasteiger partial charge in [0, 0.05) is 17.0 Å². The van der Waals surface area contributed by atoms with E-state index in [4.69, 9.17) is 33.1 Å². The number of carbonyl (C=O) groups excluding carboxylic acids is 2. The molecule has 5 rings (SSSR count). The minimum absolute atomic E-state index is 0.220. The van der Waals surface area contributed by atoms with Crippen LogP contribution in [-0.2, 0) is 34.8 Å². The van der Waals surface area contributed by atoms with Gasteiger partial charge in [0.15, 0.2) is 0 Å². The Morgan fingerprint density at radius 2 is 1.43 bits per heavy atom. The van der Waals surface area contributed by atoms with Gasteiger partial charge in [0.2, 0.25) is 0 Å². The molecule has 5 nitrogen and oxygen atoms in total. The zero-order valence-electron chi connectivity index (χ0n) is 22.7. The molecule has 42 heavy (non-hydrogen) atoms. The van der Waals surface area contributed by atoms with Crippen LogP contribution in [0.5, 0.6) is 17.2 Å². The molecule has 1 heterocycles. The van der Waals surface area contributed by atoms with Crippen LogP contribution in [0.25, 0.3) is 0 Å². The Labute approximate surface area is 263 Å². The average molecular weight is 671 g/mol. The number of benzene rings is 4. The van der Waals surface area contributed by atoms with Crippen molar-refractivity contribution in [3.63, 3.8) is 0 Å². The lowest BCUT2D eigenvalue weighted by Crippen LogP contribution is -2.13. The zero-order valence-corrected chi connectivity index (χ0v) is 27.7. The quantitative estimate of drug-likeness (QED) is 0.102. The smallest absolute Gasteiger partial charge is 0.343 e. The summed E-state index contributed by atoms with van der Waals surface area (Å²) in [5, 5.41) is 11.7. The molecular formula is C31H28O5P2S4. The Kier molecular flexibility index (Phi) is 9.99. The van der Waals surface area contributed by atoms with Crippen molar-refractivity contribution in [2.45, 2.75) is 32.6 Å². The number of phenolic OH excluding ortho intramolecular Hbond substituents is 1. The highest BCUT2D eigenvalue weighted by molar-refractivity contribution is 9.48. The normalized spacial score (nSPS) is 19.5. The maximum absolute atomic E-state index is 13.2. The molecule has 0 atom stereocenters. The fourth-order valence-electron chi connectivity index (χ4n) is 4.29. The standard InChI is InChI=1S/C31H28O5P2S4/c1-2-3-11-30(33)35-26-9-6-7-22(21-26)20-23-8-4-5-10-29(23)31(34)36-25-14-18-28(19-15-25)38(40)41-37(39,42-38)27-16-12-24(32)13-17-27/h4-10,12-19,21,32H,2-3,11,20H2,1H3. The molecular weight excluding hydrogens is 643 g/mol. The van der Waals surface area contributed by atoms with Gasteiger partial charge in [0.05, 0.1) is 14.4 Å². The number of rotatable bonds is 10. The third-order valence-corrected chi connectivity index (χ3v) is 37.7. The Hall–Kier alpha value is -2.38. The van der Waals surface area contributed by atoms with E-state index in [1.54, 1.807) is 58.4 Å². The molecule has 11 heteroatoms. The van der Waals surface area contributed by atoms with Gasteiger partial charge >= 0.3 is 11.9 Å². The van der Waals surface area contributed by atoms with E-state index in [2.05, 4.69) is 0 Å². The third-order valence-electron chi connectivity index (χ3n) is 6.46. The van der Waals surface area contributed by atoms with Gasteiger partial charge in [-0.15, -0.1) is 0 Å². The Morgan fingerprint density at radius 1 is 0.786 bits per heavy atom. The Morgan fingerprint density at radius 3 is 2.10 bits per heavy atom. The van der Waals surface area contributed by atoms with Crippen molar-refractivity contribution in [2.24, 2.45) is 0 Å². The van der Waals surface area contributed by atoms with Gasteiger partial charge in [-0.2, -0.15) is 0 Å². The van der Waals surface area contributed by atoms with E-state index < -0.39 is 14.9 Å². The summed E-state index contributed by atoms with van der Waals surface area (Å²) in [5.74, 6) is 0.466.